The van der Waals surface area contributed by atoms with Gasteiger partial charge < -0.3 is 14.8 Å². The number of anilines is 1. The molecule has 3 aromatic rings. The van der Waals surface area contributed by atoms with Crippen LogP contribution in [0.4, 0.5) is 5.69 Å². The molecule has 0 aliphatic rings. The molecule has 0 radical (unpaired) electrons. The Hall–Kier alpha value is -3.75. The van der Waals surface area contributed by atoms with Crippen LogP contribution in [0.15, 0.2) is 60.9 Å². The van der Waals surface area contributed by atoms with Gasteiger partial charge in [-0.25, -0.2) is 9.48 Å². The summed E-state index contributed by atoms with van der Waals surface area (Å²) in [6, 6.07) is 15.5. The molecule has 9 heteroatoms. The van der Waals surface area contributed by atoms with Crippen LogP contribution in [0, 0.1) is 0 Å². The molecule has 1 aromatic heterocycles. The molecule has 1 atom stereocenters. The molecular weight excluding hydrogens is 362 g/mol. The molecule has 9 nitrogen and oxygen atoms in total. The van der Waals surface area contributed by atoms with Crippen LogP contribution in [-0.2, 0) is 20.7 Å². The first-order chi connectivity index (χ1) is 13.7. The Bertz CT molecular complexity index is 915. The summed E-state index contributed by atoms with van der Waals surface area (Å²) in [6.45, 7) is -0.427. The van der Waals surface area contributed by atoms with Crippen LogP contribution in [0.2, 0.25) is 0 Å². The number of rotatable bonds is 8. The average molecular weight is 381 g/mol. The number of hydrogen-bond donors (Lipinski definition) is 1. The lowest BCUT2D eigenvalue weighted by molar-refractivity contribution is -0.151. The van der Waals surface area contributed by atoms with Gasteiger partial charge >= 0.3 is 5.97 Å². The number of amides is 1. The molecule has 0 saturated carbocycles. The molecule has 0 saturated heterocycles. The molecule has 0 aliphatic heterocycles. The Morgan fingerprint density at radius 3 is 2.68 bits per heavy atom. The Morgan fingerprint density at radius 2 is 1.96 bits per heavy atom. The van der Waals surface area contributed by atoms with Crippen LogP contribution in [0.3, 0.4) is 0 Å². The quantitative estimate of drug-likeness (QED) is 0.591. The van der Waals surface area contributed by atoms with E-state index < -0.39 is 24.5 Å². The van der Waals surface area contributed by atoms with Crippen LogP contribution in [0.1, 0.15) is 11.6 Å². The maximum absolute atomic E-state index is 12.6. The standard InChI is InChI=1S/C19H19N5O4/c1-27-16-9-5-8-15(11-16)21-18(25)12-28-19(26)17(24-13-20-22-23-24)10-14-6-3-2-4-7-14/h2-9,11,13,17H,10,12H2,1H3,(H,21,25)/t17-/m1/s1. The Labute approximate surface area is 161 Å². The number of carbonyl (C=O) groups excluding carboxylic acids is 2. The number of esters is 1. The van der Waals surface area contributed by atoms with Crippen molar-refractivity contribution in [3.63, 3.8) is 0 Å². The molecule has 3 rings (SSSR count). The van der Waals surface area contributed by atoms with Gasteiger partial charge in [-0.15, -0.1) is 5.10 Å². The third-order valence-corrected chi connectivity index (χ3v) is 3.93. The summed E-state index contributed by atoms with van der Waals surface area (Å²) in [6.07, 6.45) is 1.67. The molecule has 0 spiro atoms. The zero-order chi connectivity index (χ0) is 19.8. The highest BCUT2D eigenvalue weighted by molar-refractivity contribution is 5.93. The van der Waals surface area contributed by atoms with Gasteiger partial charge in [0.1, 0.15) is 12.1 Å². The summed E-state index contributed by atoms with van der Waals surface area (Å²) in [4.78, 5) is 24.7. The van der Waals surface area contributed by atoms with Crippen molar-refractivity contribution in [2.45, 2.75) is 12.5 Å². The first-order valence-electron chi connectivity index (χ1n) is 8.52. The highest BCUT2D eigenvalue weighted by Gasteiger charge is 2.24. The van der Waals surface area contributed by atoms with Crippen molar-refractivity contribution in [1.82, 2.24) is 20.2 Å². The molecule has 1 N–H and O–H groups in total. The van der Waals surface area contributed by atoms with Gasteiger partial charge in [0.15, 0.2) is 12.6 Å². The molecule has 1 amide bonds. The maximum atomic E-state index is 12.6. The van der Waals surface area contributed by atoms with E-state index in [9.17, 15) is 9.59 Å². The fourth-order valence-corrected chi connectivity index (χ4v) is 2.56. The van der Waals surface area contributed by atoms with E-state index in [4.69, 9.17) is 9.47 Å². The summed E-state index contributed by atoms with van der Waals surface area (Å²) < 4.78 is 11.6. The normalized spacial score (nSPS) is 11.5. The summed E-state index contributed by atoms with van der Waals surface area (Å²) in [5.74, 6) is -0.454. The Morgan fingerprint density at radius 1 is 1.14 bits per heavy atom. The number of nitrogens with one attached hydrogen (secondary N) is 1. The molecule has 0 aliphatic carbocycles. The Balaban J connectivity index is 1.61. The first-order valence-corrected chi connectivity index (χ1v) is 8.52. The molecule has 28 heavy (non-hydrogen) atoms. The van der Waals surface area contributed by atoms with Crippen LogP contribution in [-0.4, -0.2) is 45.8 Å². The number of nitrogens with zero attached hydrogens (tertiary/aromatic N) is 4. The van der Waals surface area contributed by atoms with Crippen LogP contribution < -0.4 is 10.1 Å². The van der Waals surface area contributed by atoms with E-state index in [0.717, 1.165) is 5.56 Å². The van der Waals surface area contributed by atoms with E-state index in [1.807, 2.05) is 30.3 Å². The van der Waals surface area contributed by atoms with Crippen molar-refractivity contribution in [2.75, 3.05) is 19.0 Å². The second kappa shape index (κ2) is 9.26. The number of tetrazole rings is 1. The molecule has 2 aromatic carbocycles. The van der Waals surface area contributed by atoms with Gasteiger partial charge in [-0.1, -0.05) is 36.4 Å². The van der Waals surface area contributed by atoms with Gasteiger partial charge in [-0.2, -0.15) is 0 Å². The zero-order valence-corrected chi connectivity index (χ0v) is 15.2. The lowest BCUT2D eigenvalue weighted by Gasteiger charge is -2.15. The minimum atomic E-state index is -0.776. The molecule has 0 bridgehead atoms. The van der Waals surface area contributed by atoms with Crippen molar-refractivity contribution in [1.29, 1.82) is 0 Å². The van der Waals surface area contributed by atoms with Gasteiger partial charge in [-0.05, 0) is 28.1 Å². The number of benzene rings is 2. The zero-order valence-electron chi connectivity index (χ0n) is 15.2. The Kier molecular flexibility index (Phi) is 6.29. The smallest absolute Gasteiger partial charge is 0.331 e. The van der Waals surface area contributed by atoms with Gasteiger partial charge in [-0.3, -0.25) is 4.79 Å². The molecule has 0 unspecified atom stereocenters. The molecule has 0 fully saturated rings. The number of methoxy groups -OCH3 is 1. The monoisotopic (exact) mass is 381 g/mol. The fourth-order valence-electron chi connectivity index (χ4n) is 2.56. The molecular formula is C19H19N5O4. The first kappa shape index (κ1) is 19.0. The van der Waals surface area contributed by atoms with Crippen LogP contribution in [0.5, 0.6) is 5.75 Å². The predicted octanol–water partition coefficient (Wildman–Crippen LogP) is 1.65. The second-order valence-electron chi connectivity index (χ2n) is 5.88. The third kappa shape index (κ3) is 5.13. The maximum Gasteiger partial charge on any atom is 0.331 e. The summed E-state index contributed by atoms with van der Waals surface area (Å²) in [5, 5.41) is 13.6. The largest absolute Gasteiger partial charge is 0.497 e. The van der Waals surface area contributed by atoms with Gasteiger partial charge in [0.05, 0.1) is 7.11 Å². The van der Waals surface area contributed by atoms with Gasteiger partial charge in [0.2, 0.25) is 0 Å². The van der Waals surface area contributed by atoms with Gasteiger partial charge in [0, 0.05) is 18.2 Å². The number of carbonyl (C=O) groups is 2. The lowest BCUT2D eigenvalue weighted by Crippen LogP contribution is -2.28. The van der Waals surface area contributed by atoms with Crippen molar-refractivity contribution in [3.8, 4) is 5.75 Å². The van der Waals surface area contributed by atoms with Crippen LogP contribution >= 0.6 is 0 Å². The predicted molar refractivity (Wildman–Crippen MR) is 99.6 cm³/mol. The summed E-state index contributed by atoms with van der Waals surface area (Å²) in [5.41, 5.74) is 1.46. The number of ether oxygens (including phenoxy) is 2. The average Bonchev–Trinajstić information content (AvgIpc) is 3.25. The second-order valence-corrected chi connectivity index (χ2v) is 5.88. The van der Waals surface area contributed by atoms with Gasteiger partial charge in [0.25, 0.3) is 5.91 Å². The van der Waals surface area contributed by atoms with Crippen molar-refractivity contribution >= 4 is 17.6 Å². The summed E-state index contributed by atoms with van der Waals surface area (Å²) >= 11 is 0. The lowest BCUT2D eigenvalue weighted by atomic mass is 10.1. The molecule has 144 valence electrons. The minimum absolute atomic E-state index is 0.336. The SMILES string of the molecule is COc1cccc(NC(=O)COC(=O)[C@@H](Cc2ccccc2)n2cnnn2)c1. The van der Waals surface area contributed by atoms with Crippen molar-refractivity contribution < 1.29 is 19.1 Å². The number of aromatic nitrogens is 4. The number of hydrogen-bond acceptors (Lipinski definition) is 7. The minimum Gasteiger partial charge on any atom is -0.497 e. The van der Waals surface area contributed by atoms with E-state index in [-0.39, 0.29) is 0 Å². The van der Waals surface area contributed by atoms with E-state index in [2.05, 4.69) is 20.8 Å². The van der Waals surface area contributed by atoms with E-state index in [1.165, 1.54) is 18.1 Å². The fraction of sp³-hybridized carbons (Fsp3) is 0.211. The van der Waals surface area contributed by atoms with E-state index >= 15 is 0 Å². The van der Waals surface area contributed by atoms with Crippen LogP contribution in [0.25, 0.3) is 0 Å². The molecule has 1 heterocycles. The third-order valence-electron chi connectivity index (χ3n) is 3.93. The highest BCUT2D eigenvalue weighted by Crippen LogP contribution is 2.17. The highest BCUT2D eigenvalue weighted by atomic mass is 16.5. The van der Waals surface area contributed by atoms with Crippen molar-refractivity contribution in [3.05, 3.63) is 66.5 Å². The van der Waals surface area contributed by atoms with E-state index in [1.54, 1.807) is 24.3 Å². The topological polar surface area (TPSA) is 108 Å². The van der Waals surface area contributed by atoms with Crippen molar-refractivity contribution in [2.24, 2.45) is 0 Å². The summed E-state index contributed by atoms with van der Waals surface area (Å²) in [7, 11) is 1.54. The van der Waals surface area contributed by atoms with E-state index in [0.29, 0.717) is 17.9 Å².